The van der Waals surface area contributed by atoms with Crippen molar-refractivity contribution >= 4 is 22.8 Å². The molecular weight excluding hydrogens is 385 g/mol. The number of piperazine rings is 1. The smallest absolute Gasteiger partial charge is 0.178 e. The van der Waals surface area contributed by atoms with Gasteiger partial charge in [0, 0.05) is 53.7 Å². The van der Waals surface area contributed by atoms with E-state index in [-0.39, 0.29) is 11.6 Å². The molecule has 2 aromatic heterocycles. The first kappa shape index (κ1) is 19.9. The predicted octanol–water partition coefficient (Wildman–Crippen LogP) is 4.36. The molecule has 3 heterocycles. The molecule has 0 amide bonds. The first-order chi connectivity index (χ1) is 14.0. The molecule has 1 fully saturated rings. The number of ketones is 1. The van der Waals surface area contributed by atoms with Crippen molar-refractivity contribution in [2.45, 2.75) is 20.4 Å². The highest BCUT2D eigenvalue weighted by atomic mass is 32.1. The van der Waals surface area contributed by atoms with Gasteiger partial charge in [-0.25, -0.2) is 4.39 Å². The number of halogens is 1. The van der Waals surface area contributed by atoms with Gasteiger partial charge in [0.15, 0.2) is 5.78 Å². The van der Waals surface area contributed by atoms with Crippen molar-refractivity contribution in [3.63, 3.8) is 0 Å². The Labute approximate surface area is 175 Å². The summed E-state index contributed by atoms with van der Waals surface area (Å²) in [7, 11) is 0. The van der Waals surface area contributed by atoms with E-state index in [0.717, 1.165) is 55.4 Å². The van der Waals surface area contributed by atoms with Gasteiger partial charge in [0.1, 0.15) is 5.82 Å². The molecule has 0 atom stereocenters. The Morgan fingerprint density at radius 1 is 1.07 bits per heavy atom. The van der Waals surface area contributed by atoms with Crippen LogP contribution in [0.2, 0.25) is 0 Å². The van der Waals surface area contributed by atoms with Crippen LogP contribution in [0.4, 0.5) is 10.1 Å². The molecule has 0 aliphatic carbocycles. The number of hydrogen-bond donors (Lipinski definition) is 0. The third kappa shape index (κ3) is 4.43. The molecule has 1 aromatic carbocycles. The Bertz CT molecular complexity index is 970. The Hall–Kier alpha value is -2.44. The minimum Gasteiger partial charge on any atom is -0.369 e. The zero-order chi connectivity index (χ0) is 20.4. The fraction of sp³-hybridized carbons (Fsp3) is 0.348. The van der Waals surface area contributed by atoms with Crippen molar-refractivity contribution in [1.82, 2.24) is 9.47 Å². The molecule has 0 spiro atoms. The van der Waals surface area contributed by atoms with Crippen LogP contribution in [0.3, 0.4) is 0 Å². The average molecular weight is 412 g/mol. The lowest BCUT2D eigenvalue weighted by molar-refractivity contribution is 0.0925. The van der Waals surface area contributed by atoms with Gasteiger partial charge in [-0.2, -0.15) is 0 Å². The van der Waals surface area contributed by atoms with Gasteiger partial charge in [-0.05, 0) is 55.6 Å². The van der Waals surface area contributed by atoms with E-state index < -0.39 is 0 Å². The summed E-state index contributed by atoms with van der Waals surface area (Å²) in [6.07, 6.45) is 0. The summed E-state index contributed by atoms with van der Waals surface area (Å²) >= 11 is 1.74. The van der Waals surface area contributed by atoms with Crippen LogP contribution in [-0.2, 0) is 6.54 Å². The van der Waals surface area contributed by atoms with E-state index in [1.54, 1.807) is 11.3 Å². The van der Waals surface area contributed by atoms with Crippen molar-refractivity contribution in [2.24, 2.45) is 0 Å². The summed E-state index contributed by atoms with van der Waals surface area (Å²) in [5.74, 6) is -0.0274. The van der Waals surface area contributed by atoms with Crippen LogP contribution in [0.15, 0.2) is 47.8 Å². The Morgan fingerprint density at radius 2 is 1.79 bits per heavy atom. The second-order valence-electron chi connectivity index (χ2n) is 7.61. The number of aryl methyl sites for hydroxylation is 1. The Balaban J connectivity index is 1.37. The van der Waals surface area contributed by atoms with Crippen molar-refractivity contribution in [3.05, 3.63) is 75.5 Å². The Morgan fingerprint density at radius 3 is 2.45 bits per heavy atom. The highest BCUT2D eigenvalue weighted by Crippen LogP contribution is 2.21. The normalized spacial score (nSPS) is 15.1. The number of rotatable bonds is 6. The zero-order valence-corrected chi connectivity index (χ0v) is 17.7. The minimum absolute atomic E-state index is 0.186. The summed E-state index contributed by atoms with van der Waals surface area (Å²) in [5, 5.41) is 2.08. The van der Waals surface area contributed by atoms with Crippen molar-refractivity contribution < 1.29 is 9.18 Å². The van der Waals surface area contributed by atoms with Crippen molar-refractivity contribution in [2.75, 3.05) is 37.6 Å². The molecule has 29 heavy (non-hydrogen) atoms. The van der Waals surface area contributed by atoms with E-state index >= 15 is 0 Å². The molecule has 152 valence electrons. The summed E-state index contributed by atoms with van der Waals surface area (Å²) in [5.41, 5.74) is 4.04. The van der Waals surface area contributed by atoms with Crippen LogP contribution >= 0.6 is 11.3 Å². The highest BCUT2D eigenvalue weighted by molar-refractivity contribution is 7.09. The van der Waals surface area contributed by atoms with E-state index in [2.05, 4.69) is 38.8 Å². The van der Waals surface area contributed by atoms with E-state index in [9.17, 15) is 9.18 Å². The molecule has 3 aromatic rings. The van der Waals surface area contributed by atoms with E-state index in [1.165, 1.54) is 17.0 Å². The topological polar surface area (TPSA) is 28.5 Å². The molecule has 4 rings (SSSR count). The lowest BCUT2D eigenvalue weighted by Crippen LogP contribution is -2.48. The molecule has 4 nitrogen and oxygen atoms in total. The Kier molecular flexibility index (Phi) is 5.83. The van der Waals surface area contributed by atoms with Crippen LogP contribution < -0.4 is 4.90 Å². The minimum atomic E-state index is -0.213. The molecule has 1 saturated heterocycles. The molecule has 0 N–H and O–H groups in total. The number of aromatic nitrogens is 1. The summed E-state index contributed by atoms with van der Waals surface area (Å²) < 4.78 is 15.4. The monoisotopic (exact) mass is 411 g/mol. The maximum Gasteiger partial charge on any atom is 0.178 e. The number of nitrogens with zero attached hydrogens (tertiary/aromatic N) is 3. The van der Waals surface area contributed by atoms with Crippen LogP contribution in [0.5, 0.6) is 0 Å². The van der Waals surface area contributed by atoms with Crippen molar-refractivity contribution in [1.29, 1.82) is 0 Å². The molecule has 0 bridgehead atoms. The standard InChI is InChI=1S/C23H26FN3OS/c1-17-14-22(18(2)27(17)15-21-4-3-13-29-21)23(28)16-25-9-11-26(12-10-25)20-7-5-19(24)6-8-20/h3-8,13-14H,9-12,15-16H2,1-2H3. The largest absolute Gasteiger partial charge is 0.369 e. The predicted molar refractivity (Wildman–Crippen MR) is 117 cm³/mol. The fourth-order valence-electron chi connectivity index (χ4n) is 3.99. The molecule has 0 unspecified atom stereocenters. The number of carbonyl (C=O) groups is 1. The van der Waals surface area contributed by atoms with Gasteiger partial charge >= 0.3 is 0 Å². The molecule has 1 aliphatic rings. The third-order valence-corrected chi connectivity index (χ3v) is 6.56. The number of Topliss-reactive ketones (excluding diaryl/α,β-unsaturated/α-hetero) is 1. The maximum absolute atomic E-state index is 13.1. The fourth-order valence-corrected chi connectivity index (χ4v) is 4.68. The van der Waals surface area contributed by atoms with Crippen molar-refractivity contribution in [3.8, 4) is 0 Å². The van der Waals surface area contributed by atoms with Crippen LogP contribution in [-0.4, -0.2) is 48.0 Å². The van der Waals surface area contributed by atoms with E-state index in [4.69, 9.17) is 0 Å². The lowest BCUT2D eigenvalue weighted by Gasteiger charge is -2.35. The van der Waals surface area contributed by atoms with Gasteiger partial charge in [0.25, 0.3) is 0 Å². The number of carbonyl (C=O) groups excluding carboxylic acids is 1. The number of thiophene rings is 1. The van der Waals surface area contributed by atoms with Gasteiger partial charge < -0.3 is 9.47 Å². The molecule has 1 aliphatic heterocycles. The maximum atomic E-state index is 13.1. The summed E-state index contributed by atoms with van der Waals surface area (Å²) in [4.78, 5) is 18.7. The van der Waals surface area contributed by atoms with E-state index in [0.29, 0.717) is 6.54 Å². The molecular formula is C23H26FN3OS. The molecule has 6 heteroatoms. The number of anilines is 1. The zero-order valence-electron chi connectivity index (χ0n) is 16.9. The SMILES string of the molecule is Cc1cc(C(=O)CN2CCN(c3ccc(F)cc3)CC2)c(C)n1Cc1cccs1. The van der Waals surface area contributed by atoms with Gasteiger partial charge in [0.2, 0.25) is 0 Å². The summed E-state index contributed by atoms with van der Waals surface area (Å²) in [6.45, 7) is 8.72. The lowest BCUT2D eigenvalue weighted by atomic mass is 10.1. The van der Waals surface area contributed by atoms with Crippen LogP contribution in [0.25, 0.3) is 0 Å². The quantitative estimate of drug-likeness (QED) is 0.565. The number of hydrogen-bond acceptors (Lipinski definition) is 4. The van der Waals surface area contributed by atoms with E-state index in [1.807, 2.05) is 25.1 Å². The first-order valence-corrected chi connectivity index (χ1v) is 10.8. The summed E-state index contributed by atoms with van der Waals surface area (Å²) in [6, 6.07) is 12.9. The van der Waals surface area contributed by atoms with Crippen LogP contribution in [0, 0.1) is 19.7 Å². The van der Waals surface area contributed by atoms with Crippen LogP contribution in [0.1, 0.15) is 26.6 Å². The highest BCUT2D eigenvalue weighted by Gasteiger charge is 2.22. The first-order valence-electron chi connectivity index (χ1n) is 9.96. The second kappa shape index (κ2) is 8.51. The van der Waals surface area contributed by atoms with Gasteiger partial charge in [-0.1, -0.05) is 6.07 Å². The molecule has 0 saturated carbocycles. The third-order valence-electron chi connectivity index (χ3n) is 5.70. The van der Waals surface area contributed by atoms with Gasteiger partial charge in [0.05, 0.1) is 13.1 Å². The number of benzene rings is 1. The molecule has 0 radical (unpaired) electrons. The average Bonchev–Trinajstić information content (AvgIpc) is 3.33. The second-order valence-corrected chi connectivity index (χ2v) is 8.65. The van der Waals surface area contributed by atoms with Gasteiger partial charge in [-0.3, -0.25) is 9.69 Å². The van der Waals surface area contributed by atoms with Gasteiger partial charge in [-0.15, -0.1) is 11.3 Å².